The number of benzene rings is 1. The Morgan fingerprint density at radius 1 is 1.33 bits per heavy atom. The summed E-state index contributed by atoms with van der Waals surface area (Å²) in [4.78, 5) is 11.4. The van der Waals surface area contributed by atoms with Crippen molar-refractivity contribution >= 4 is 45.8 Å². The zero-order valence-corrected chi connectivity index (χ0v) is 12.3. The Balaban J connectivity index is 2.12. The maximum atomic E-state index is 5.36. The molecule has 1 N–H and O–H groups in total. The van der Waals surface area contributed by atoms with Crippen LogP contribution in [0.4, 0.5) is 0 Å². The fourth-order valence-corrected chi connectivity index (χ4v) is 2.63. The van der Waals surface area contributed by atoms with Gasteiger partial charge in [-0.05, 0) is 59.1 Å². The molecule has 6 heteroatoms. The van der Waals surface area contributed by atoms with E-state index in [4.69, 9.17) is 12.2 Å². The Hall–Kier alpha value is -1.28. The highest BCUT2D eigenvalue weighted by molar-refractivity contribution is 14.1. The molecule has 0 aliphatic carbocycles. The van der Waals surface area contributed by atoms with E-state index in [1.165, 1.54) is 3.57 Å². The standard InChI is InChI=1S/C12H9IN4S/c13-8-1-2-11-10(5-8)16-12(18)17(11)6-9-3-4-14-7-15-9/h1-5,7H,6H2,(H,16,18). The lowest BCUT2D eigenvalue weighted by Gasteiger charge is -2.03. The van der Waals surface area contributed by atoms with E-state index in [1.54, 1.807) is 12.5 Å². The molecule has 2 aromatic heterocycles. The van der Waals surface area contributed by atoms with E-state index >= 15 is 0 Å². The quantitative estimate of drug-likeness (QED) is 0.559. The minimum atomic E-state index is 0.655. The van der Waals surface area contributed by atoms with Gasteiger partial charge in [0, 0.05) is 9.77 Å². The highest BCUT2D eigenvalue weighted by Crippen LogP contribution is 2.18. The Labute approximate surface area is 122 Å². The van der Waals surface area contributed by atoms with E-state index in [2.05, 4.69) is 55.7 Å². The highest BCUT2D eigenvalue weighted by Gasteiger charge is 2.05. The van der Waals surface area contributed by atoms with Crippen LogP contribution in [0.1, 0.15) is 5.69 Å². The van der Waals surface area contributed by atoms with Crippen LogP contribution in [0.2, 0.25) is 0 Å². The number of H-pyrrole nitrogens is 1. The number of hydrogen-bond acceptors (Lipinski definition) is 3. The third-order valence-electron chi connectivity index (χ3n) is 2.70. The lowest BCUT2D eigenvalue weighted by molar-refractivity contribution is 0.780. The van der Waals surface area contributed by atoms with E-state index < -0.39 is 0 Å². The molecule has 0 fully saturated rings. The van der Waals surface area contributed by atoms with Crippen molar-refractivity contribution in [2.75, 3.05) is 0 Å². The van der Waals surface area contributed by atoms with Crippen molar-refractivity contribution in [1.82, 2.24) is 19.5 Å². The SMILES string of the molecule is S=c1[nH]c2cc(I)ccc2n1Cc1ccncn1. The molecule has 3 aromatic rings. The molecule has 0 saturated carbocycles. The monoisotopic (exact) mass is 368 g/mol. The summed E-state index contributed by atoms with van der Waals surface area (Å²) in [5.41, 5.74) is 3.10. The van der Waals surface area contributed by atoms with Crippen molar-refractivity contribution in [3.8, 4) is 0 Å². The third kappa shape index (κ3) is 2.17. The molecule has 90 valence electrons. The van der Waals surface area contributed by atoms with Crippen molar-refractivity contribution < 1.29 is 0 Å². The zero-order chi connectivity index (χ0) is 12.5. The largest absolute Gasteiger partial charge is 0.331 e. The molecule has 0 aliphatic heterocycles. The molecule has 0 radical (unpaired) electrons. The van der Waals surface area contributed by atoms with Crippen molar-refractivity contribution in [3.63, 3.8) is 0 Å². The Bertz CT molecular complexity index is 748. The Kier molecular flexibility index (Phi) is 3.13. The van der Waals surface area contributed by atoms with Crippen molar-refractivity contribution in [2.24, 2.45) is 0 Å². The number of aromatic nitrogens is 4. The normalized spacial score (nSPS) is 10.9. The fourth-order valence-electron chi connectivity index (χ4n) is 1.87. The number of hydrogen-bond donors (Lipinski definition) is 1. The topological polar surface area (TPSA) is 46.5 Å². The van der Waals surface area contributed by atoms with Crippen LogP contribution in [0.15, 0.2) is 36.8 Å². The second-order valence-corrected chi connectivity index (χ2v) is 5.51. The molecular weight excluding hydrogens is 359 g/mol. The van der Waals surface area contributed by atoms with E-state index in [9.17, 15) is 0 Å². The predicted octanol–water partition coefficient (Wildman–Crippen LogP) is 3.14. The van der Waals surface area contributed by atoms with Gasteiger partial charge in [0.15, 0.2) is 4.77 Å². The summed E-state index contributed by atoms with van der Waals surface area (Å²) in [7, 11) is 0. The van der Waals surface area contributed by atoms with Crippen molar-refractivity contribution in [1.29, 1.82) is 0 Å². The number of halogens is 1. The van der Waals surface area contributed by atoms with E-state index in [0.717, 1.165) is 16.7 Å². The van der Waals surface area contributed by atoms with E-state index in [1.807, 2.05) is 10.6 Å². The maximum Gasteiger partial charge on any atom is 0.178 e. The summed E-state index contributed by atoms with van der Waals surface area (Å²) in [5, 5.41) is 0. The summed E-state index contributed by atoms with van der Waals surface area (Å²) in [6.07, 6.45) is 3.29. The minimum Gasteiger partial charge on any atom is -0.331 e. The van der Waals surface area contributed by atoms with Gasteiger partial charge < -0.3 is 9.55 Å². The van der Waals surface area contributed by atoms with Gasteiger partial charge in [0.05, 0.1) is 23.3 Å². The molecule has 0 unspecified atom stereocenters. The first-order valence-electron chi connectivity index (χ1n) is 5.37. The summed E-state index contributed by atoms with van der Waals surface area (Å²) < 4.78 is 3.94. The van der Waals surface area contributed by atoms with E-state index in [-0.39, 0.29) is 0 Å². The Morgan fingerprint density at radius 2 is 2.22 bits per heavy atom. The molecule has 0 saturated heterocycles. The van der Waals surface area contributed by atoms with Gasteiger partial charge in [0.1, 0.15) is 6.33 Å². The number of imidazole rings is 1. The predicted molar refractivity (Wildman–Crippen MR) is 81.0 cm³/mol. The number of fused-ring (bicyclic) bond motifs is 1. The highest BCUT2D eigenvalue weighted by atomic mass is 127. The number of nitrogens with zero attached hydrogens (tertiary/aromatic N) is 3. The molecule has 0 atom stereocenters. The fraction of sp³-hybridized carbons (Fsp3) is 0.0833. The lowest BCUT2D eigenvalue weighted by atomic mass is 10.3. The summed E-state index contributed by atoms with van der Waals surface area (Å²) in [6.45, 7) is 0.655. The third-order valence-corrected chi connectivity index (χ3v) is 3.69. The van der Waals surface area contributed by atoms with Gasteiger partial charge in [-0.2, -0.15) is 0 Å². The van der Waals surface area contributed by atoms with Crippen LogP contribution in [-0.2, 0) is 6.54 Å². The van der Waals surface area contributed by atoms with Gasteiger partial charge >= 0.3 is 0 Å². The summed E-state index contributed by atoms with van der Waals surface area (Å²) >= 11 is 7.65. The van der Waals surface area contributed by atoms with Crippen molar-refractivity contribution in [2.45, 2.75) is 6.54 Å². The molecule has 0 aliphatic rings. The average Bonchev–Trinajstić information content (AvgIpc) is 2.66. The van der Waals surface area contributed by atoms with Gasteiger partial charge in [-0.25, -0.2) is 9.97 Å². The second kappa shape index (κ2) is 4.77. The van der Waals surface area contributed by atoms with Crippen LogP contribution in [0, 0.1) is 8.34 Å². The summed E-state index contributed by atoms with van der Waals surface area (Å²) in [6, 6.07) is 8.13. The van der Waals surface area contributed by atoms with Crippen LogP contribution in [-0.4, -0.2) is 19.5 Å². The molecule has 3 rings (SSSR count). The molecule has 0 amide bonds. The van der Waals surface area contributed by atoms with Gasteiger partial charge in [-0.3, -0.25) is 0 Å². The number of aromatic amines is 1. The molecule has 4 nitrogen and oxygen atoms in total. The summed E-state index contributed by atoms with van der Waals surface area (Å²) in [5.74, 6) is 0. The van der Waals surface area contributed by atoms with Crippen LogP contribution < -0.4 is 0 Å². The lowest BCUT2D eigenvalue weighted by Crippen LogP contribution is -2.01. The second-order valence-electron chi connectivity index (χ2n) is 3.88. The number of nitrogens with one attached hydrogen (secondary N) is 1. The van der Waals surface area contributed by atoms with E-state index in [0.29, 0.717) is 11.3 Å². The zero-order valence-electron chi connectivity index (χ0n) is 9.30. The Morgan fingerprint density at radius 3 is 3.00 bits per heavy atom. The first-order valence-corrected chi connectivity index (χ1v) is 6.86. The molecule has 1 aromatic carbocycles. The minimum absolute atomic E-state index is 0.655. The van der Waals surface area contributed by atoms with Crippen LogP contribution in [0.25, 0.3) is 11.0 Å². The van der Waals surface area contributed by atoms with Gasteiger partial charge in [0.25, 0.3) is 0 Å². The molecule has 18 heavy (non-hydrogen) atoms. The maximum absolute atomic E-state index is 5.36. The molecular formula is C12H9IN4S. The van der Waals surface area contributed by atoms with Crippen molar-refractivity contribution in [3.05, 3.63) is 50.8 Å². The first-order chi connectivity index (χ1) is 8.74. The molecule has 0 spiro atoms. The smallest absolute Gasteiger partial charge is 0.178 e. The van der Waals surface area contributed by atoms with Crippen LogP contribution >= 0.6 is 34.8 Å². The molecule has 2 heterocycles. The van der Waals surface area contributed by atoms with Gasteiger partial charge in [0.2, 0.25) is 0 Å². The van der Waals surface area contributed by atoms with Crippen LogP contribution in [0.5, 0.6) is 0 Å². The first kappa shape index (κ1) is 11.8. The van der Waals surface area contributed by atoms with Crippen LogP contribution in [0.3, 0.4) is 0 Å². The van der Waals surface area contributed by atoms with Gasteiger partial charge in [-0.15, -0.1) is 0 Å². The molecule has 0 bridgehead atoms. The number of rotatable bonds is 2. The van der Waals surface area contributed by atoms with Gasteiger partial charge in [-0.1, -0.05) is 0 Å². The average molecular weight is 368 g/mol.